The molecule has 0 saturated carbocycles. The van der Waals surface area contributed by atoms with Crippen molar-refractivity contribution in [1.82, 2.24) is 0 Å². The Morgan fingerprint density at radius 2 is 2.20 bits per heavy atom. The van der Waals surface area contributed by atoms with Crippen LogP contribution in [0.1, 0.15) is 17.9 Å². The van der Waals surface area contributed by atoms with Gasteiger partial charge in [0.1, 0.15) is 0 Å². The molecular formula is C11H12N2OS. The molecule has 2 rings (SSSR count). The number of para-hydroxylation sites is 1. The molecule has 0 fully saturated rings. The molecule has 1 unspecified atom stereocenters. The van der Waals surface area contributed by atoms with Gasteiger partial charge in [-0.1, -0.05) is 30.4 Å². The van der Waals surface area contributed by atoms with Crippen LogP contribution in [0.15, 0.2) is 24.3 Å². The number of rotatable bonds is 2. The smallest absolute Gasteiger partial charge is 0.234 e. The quantitative estimate of drug-likeness (QED) is 0.767. The molecule has 0 radical (unpaired) electrons. The number of hydrogen-bond donors (Lipinski definition) is 1. The molecule has 0 aromatic heterocycles. The van der Waals surface area contributed by atoms with Gasteiger partial charge in [-0.05, 0) is 11.6 Å². The van der Waals surface area contributed by atoms with Gasteiger partial charge in [-0.2, -0.15) is 0 Å². The van der Waals surface area contributed by atoms with Crippen LogP contribution in [-0.2, 0) is 4.79 Å². The minimum absolute atomic E-state index is 0.0731. The monoisotopic (exact) mass is 220 g/mol. The van der Waals surface area contributed by atoms with Gasteiger partial charge in [0.15, 0.2) is 0 Å². The average molecular weight is 220 g/mol. The van der Waals surface area contributed by atoms with Crippen LogP contribution in [0.4, 0.5) is 5.69 Å². The molecule has 0 spiro atoms. The van der Waals surface area contributed by atoms with E-state index in [0.29, 0.717) is 11.4 Å². The summed E-state index contributed by atoms with van der Waals surface area (Å²) >= 11 is 4.86. The van der Waals surface area contributed by atoms with Gasteiger partial charge in [0, 0.05) is 19.2 Å². The van der Waals surface area contributed by atoms with E-state index < -0.39 is 0 Å². The van der Waals surface area contributed by atoms with Gasteiger partial charge in [-0.3, -0.25) is 4.79 Å². The largest absolute Gasteiger partial charge is 0.393 e. The van der Waals surface area contributed by atoms with E-state index in [-0.39, 0.29) is 11.8 Å². The van der Waals surface area contributed by atoms with Crippen molar-refractivity contribution in [2.75, 3.05) is 11.9 Å². The molecule has 0 saturated heterocycles. The Balaban J connectivity index is 2.42. The standard InChI is InChI=1S/C11H12N2OS/c1-13-9-5-3-2-4-7(9)8(11(13)14)6-10(12)15/h2-5,8H,6H2,1H3,(H2,12,15). The third kappa shape index (κ3) is 1.61. The number of nitrogens with zero attached hydrogens (tertiary/aromatic N) is 1. The van der Waals surface area contributed by atoms with Crippen molar-refractivity contribution in [2.45, 2.75) is 12.3 Å². The van der Waals surface area contributed by atoms with Gasteiger partial charge >= 0.3 is 0 Å². The first-order valence-electron chi connectivity index (χ1n) is 4.76. The van der Waals surface area contributed by atoms with Crippen LogP contribution in [-0.4, -0.2) is 17.9 Å². The van der Waals surface area contributed by atoms with Crippen LogP contribution in [0.25, 0.3) is 0 Å². The zero-order chi connectivity index (χ0) is 11.0. The minimum atomic E-state index is -0.191. The summed E-state index contributed by atoms with van der Waals surface area (Å²) in [6.07, 6.45) is 0.454. The lowest BCUT2D eigenvalue weighted by molar-refractivity contribution is -0.118. The molecule has 4 heteroatoms. The van der Waals surface area contributed by atoms with Crippen molar-refractivity contribution in [3.63, 3.8) is 0 Å². The second-order valence-electron chi connectivity index (χ2n) is 3.68. The SMILES string of the molecule is CN1C(=O)C(CC(N)=S)c2ccccc21. The van der Waals surface area contributed by atoms with E-state index in [4.69, 9.17) is 18.0 Å². The van der Waals surface area contributed by atoms with E-state index in [2.05, 4.69) is 0 Å². The summed E-state index contributed by atoms with van der Waals surface area (Å²) < 4.78 is 0. The van der Waals surface area contributed by atoms with Gasteiger partial charge in [0.05, 0.1) is 10.9 Å². The third-order valence-electron chi connectivity index (χ3n) is 2.71. The fourth-order valence-electron chi connectivity index (χ4n) is 1.97. The van der Waals surface area contributed by atoms with E-state index in [1.165, 1.54) is 0 Å². The highest BCUT2D eigenvalue weighted by Crippen LogP contribution is 2.37. The minimum Gasteiger partial charge on any atom is -0.393 e. The number of carbonyl (C=O) groups is 1. The van der Waals surface area contributed by atoms with E-state index in [9.17, 15) is 4.79 Å². The van der Waals surface area contributed by atoms with Crippen molar-refractivity contribution in [3.05, 3.63) is 29.8 Å². The number of fused-ring (bicyclic) bond motifs is 1. The fraction of sp³-hybridized carbons (Fsp3) is 0.273. The summed E-state index contributed by atoms with van der Waals surface area (Å²) in [4.78, 5) is 14.0. The molecular weight excluding hydrogens is 208 g/mol. The lowest BCUT2D eigenvalue weighted by Crippen LogP contribution is -2.26. The number of thiocarbonyl (C=S) groups is 1. The molecule has 15 heavy (non-hydrogen) atoms. The van der Waals surface area contributed by atoms with E-state index in [1.54, 1.807) is 11.9 Å². The first-order chi connectivity index (χ1) is 7.11. The maximum Gasteiger partial charge on any atom is 0.234 e. The molecule has 1 heterocycles. The third-order valence-corrected chi connectivity index (χ3v) is 2.87. The zero-order valence-corrected chi connectivity index (χ0v) is 9.25. The Kier molecular flexibility index (Phi) is 2.44. The van der Waals surface area contributed by atoms with E-state index >= 15 is 0 Å². The van der Waals surface area contributed by atoms with Gasteiger partial charge in [-0.15, -0.1) is 0 Å². The van der Waals surface area contributed by atoms with Crippen LogP contribution < -0.4 is 10.6 Å². The van der Waals surface area contributed by atoms with Gasteiger partial charge in [0.2, 0.25) is 5.91 Å². The highest BCUT2D eigenvalue weighted by molar-refractivity contribution is 7.80. The summed E-state index contributed by atoms with van der Waals surface area (Å²) in [5.41, 5.74) is 7.49. The topological polar surface area (TPSA) is 46.3 Å². The normalized spacial score (nSPS) is 19.1. The number of amides is 1. The highest BCUT2D eigenvalue weighted by Gasteiger charge is 2.34. The van der Waals surface area contributed by atoms with Crippen LogP contribution in [0.2, 0.25) is 0 Å². The van der Waals surface area contributed by atoms with Crippen LogP contribution in [0.5, 0.6) is 0 Å². The van der Waals surface area contributed by atoms with Crippen molar-refractivity contribution >= 4 is 28.8 Å². The predicted octanol–water partition coefficient (Wildman–Crippen LogP) is 1.42. The molecule has 3 nitrogen and oxygen atoms in total. The second kappa shape index (κ2) is 3.62. The highest BCUT2D eigenvalue weighted by atomic mass is 32.1. The Morgan fingerprint density at radius 3 is 2.87 bits per heavy atom. The molecule has 1 atom stereocenters. The Labute approximate surface area is 93.9 Å². The molecule has 1 aliphatic rings. The number of benzene rings is 1. The lowest BCUT2D eigenvalue weighted by atomic mass is 9.97. The zero-order valence-electron chi connectivity index (χ0n) is 8.43. The van der Waals surface area contributed by atoms with Crippen LogP contribution in [0.3, 0.4) is 0 Å². The fourth-order valence-corrected chi connectivity index (χ4v) is 2.14. The maximum atomic E-state index is 11.9. The van der Waals surface area contributed by atoms with Crippen molar-refractivity contribution in [1.29, 1.82) is 0 Å². The summed E-state index contributed by atoms with van der Waals surface area (Å²) in [6, 6.07) is 7.75. The Bertz CT molecular complexity index is 430. The first-order valence-corrected chi connectivity index (χ1v) is 5.17. The molecule has 0 aliphatic carbocycles. The van der Waals surface area contributed by atoms with Gasteiger partial charge in [0.25, 0.3) is 0 Å². The maximum absolute atomic E-state index is 11.9. The van der Waals surface area contributed by atoms with Crippen molar-refractivity contribution in [3.8, 4) is 0 Å². The van der Waals surface area contributed by atoms with Crippen molar-refractivity contribution in [2.24, 2.45) is 5.73 Å². The molecule has 0 bridgehead atoms. The van der Waals surface area contributed by atoms with Crippen LogP contribution in [0, 0.1) is 0 Å². The number of hydrogen-bond acceptors (Lipinski definition) is 2. The van der Waals surface area contributed by atoms with E-state index in [1.807, 2.05) is 24.3 Å². The lowest BCUT2D eigenvalue weighted by Gasteiger charge is -2.10. The molecule has 78 valence electrons. The average Bonchev–Trinajstić information content (AvgIpc) is 2.44. The number of anilines is 1. The summed E-state index contributed by atoms with van der Waals surface area (Å²) in [6.45, 7) is 0. The van der Waals surface area contributed by atoms with Gasteiger partial charge < -0.3 is 10.6 Å². The van der Waals surface area contributed by atoms with Gasteiger partial charge in [-0.25, -0.2) is 0 Å². The molecule has 1 aromatic carbocycles. The molecule has 1 amide bonds. The molecule has 2 N–H and O–H groups in total. The number of likely N-dealkylation sites (N-methyl/N-ethyl adjacent to an activating group) is 1. The number of nitrogens with two attached hydrogens (primary N) is 1. The first kappa shape index (κ1) is 10.1. The Morgan fingerprint density at radius 1 is 1.53 bits per heavy atom. The summed E-state index contributed by atoms with van der Waals surface area (Å²) in [5.74, 6) is -0.118. The van der Waals surface area contributed by atoms with Crippen LogP contribution >= 0.6 is 12.2 Å². The Hall–Kier alpha value is -1.42. The number of carbonyl (C=O) groups excluding carboxylic acids is 1. The summed E-state index contributed by atoms with van der Waals surface area (Å²) in [5, 5.41) is 0. The van der Waals surface area contributed by atoms with Crippen molar-refractivity contribution < 1.29 is 4.79 Å². The second-order valence-corrected chi connectivity index (χ2v) is 4.20. The summed E-state index contributed by atoms with van der Waals surface area (Å²) in [7, 11) is 1.78. The molecule has 1 aliphatic heterocycles. The predicted molar refractivity (Wildman–Crippen MR) is 64.0 cm³/mol. The molecule has 1 aromatic rings. The van der Waals surface area contributed by atoms with E-state index in [0.717, 1.165) is 11.3 Å².